The Balaban J connectivity index is 0. The van der Waals surface area contributed by atoms with Crippen LogP contribution >= 0.6 is 23.2 Å². The number of halogens is 2. The number of nitrogens with one attached hydrogen (secondary N) is 1. The molecule has 144 valence electrons. The van der Waals surface area contributed by atoms with Gasteiger partial charge in [0.25, 0.3) is 0 Å². The van der Waals surface area contributed by atoms with Crippen LogP contribution in [-0.2, 0) is 9.59 Å². The molecule has 2 N–H and O–H groups in total. The SMILES string of the molecule is CC/C(=C/c1ccc(OCCCC(=O)NCC(=O)O)c(Cl)c1Cl)[N+](=O)[O-].[H-].[Na+]. The van der Waals surface area contributed by atoms with E-state index in [1.54, 1.807) is 13.0 Å². The Kier molecular flexibility index (Phi) is 12.3. The maximum Gasteiger partial charge on any atom is 1.00 e. The van der Waals surface area contributed by atoms with Crippen LogP contribution in [0.1, 0.15) is 33.2 Å². The molecule has 1 amide bonds. The summed E-state index contributed by atoms with van der Waals surface area (Å²) in [6.45, 7) is 1.40. The Morgan fingerprint density at radius 2 is 2.04 bits per heavy atom. The topological polar surface area (TPSA) is 119 Å². The van der Waals surface area contributed by atoms with E-state index in [1.807, 2.05) is 0 Å². The van der Waals surface area contributed by atoms with Gasteiger partial charge in [0.2, 0.25) is 11.6 Å². The molecule has 0 heterocycles. The number of carboxylic acid groups (broad SMARTS) is 1. The zero-order chi connectivity index (χ0) is 19.7. The van der Waals surface area contributed by atoms with Crippen molar-refractivity contribution in [1.82, 2.24) is 5.32 Å². The second kappa shape index (κ2) is 13.0. The Morgan fingerprint density at radius 3 is 2.59 bits per heavy atom. The molecule has 0 fully saturated rings. The summed E-state index contributed by atoms with van der Waals surface area (Å²) in [7, 11) is 0. The summed E-state index contributed by atoms with van der Waals surface area (Å²) >= 11 is 12.3. The summed E-state index contributed by atoms with van der Waals surface area (Å²) in [5.74, 6) is -1.22. The first-order chi connectivity index (χ1) is 12.3. The Bertz CT molecular complexity index is 733. The molecule has 0 bridgehead atoms. The van der Waals surface area contributed by atoms with Crippen molar-refractivity contribution in [2.24, 2.45) is 0 Å². The van der Waals surface area contributed by atoms with E-state index in [2.05, 4.69) is 5.32 Å². The average Bonchev–Trinajstić information content (AvgIpc) is 2.59. The van der Waals surface area contributed by atoms with Crippen LogP contribution in [-0.4, -0.2) is 35.1 Å². The van der Waals surface area contributed by atoms with Gasteiger partial charge in [-0.05, 0) is 18.6 Å². The summed E-state index contributed by atoms with van der Waals surface area (Å²) in [5, 5.41) is 21.8. The number of rotatable bonds is 10. The van der Waals surface area contributed by atoms with Gasteiger partial charge in [0, 0.05) is 24.5 Å². The maximum atomic E-state index is 11.4. The van der Waals surface area contributed by atoms with Crippen molar-refractivity contribution in [3.8, 4) is 5.75 Å². The normalized spacial score (nSPS) is 10.7. The number of allylic oxidation sites excluding steroid dienone is 1. The minimum atomic E-state index is -1.12. The Hall–Kier alpha value is -1.32. The smallest absolute Gasteiger partial charge is 1.00 e. The summed E-state index contributed by atoms with van der Waals surface area (Å²) in [4.78, 5) is 32.1. The van der Waals surface area contributed by atoms with Crippen molar-refractivity contribution in [3.05, 3.63) is 43.6 Å². The van der Waals surface area contributed by atoms with Crippen LogP contribution in [0.25, 0.3) is 6.08 Å². The second-order valence-electron chi connectivity index (χ2n) is 5.15. The number of hydrogen-bond donors (Lipinski definition) is 2. The predicted molar refractivity (Wildman–Crippen MR) is 98.2 cm³/mol. The van der Waals surface area contributed by atoms with Gasteiger partial charge in [0.05, 0.1) is 16.6 Å². The third kappa shape index (κ3) is 8.94. The Labute approximate surface area is 189 Å². The van der Waals surface area contributed by atoms with Gasteiger partial charge in [-0.25, -0.2) is 0 Å². The first-order valence-corrected chi connectivity index (χ1v) is 8.46. The molecule has 11 heteroatoms. The number of aliphatic carboxylic acids is 1. The molecule has 0 saturated heterocycles. The number of ether oxygens (including phenoxy) is 1. The standard InChI is InChI=1S/C16H18Cl2N2O6.Na.H/c1-2-11(20(24)25)8-10-5-6-12(16(18)15(10)17)26-7-3-4-13(21)19-9-14(22)23;;/h5-6,8H,2-4,7,9H2,1H3,(H,19,21)(H,22,23);;/q;+1;-1/b11-8-;;. The fourth-order valence-corrected chi connectivity index (χ4v) is 2.35. The van der Waals surface area contributed by atoms with Crippen molar-refractivity contribution in [1.29, 1.82) is 0 Å². The number of nitrogens with zero attached hydrogens (tertiary/aromatic N) is 1. The largest absolute Gasteiger partial charge is 1.00 e. The van der Waals surface area contributed by atoms with Crippen molar-refractivity contribution in [2.45, 2.75) is 26.2 Å². The van der Waals surface area contributed by atoms with Crippen molar-refractivity contribution >= 4 is 41.2 Å². The number of hydrogen-bond acceptors (Lipinski definition) is 5. The van der Waals surface area contributed by atoms with E-state index in [9.17, 15) is 19.7 Å². The van der Waals surface area contributed by atoms with E-state index in [-0.39, 0.29) is 66.2 Å². The molecule has 0 aromatic heterocycles. The quantitative estimate of drug-likeness (QED) is 0.242. The van der Waals surface area contributed by atoms with Gasteiger partial charge >= 0.3 is 35.5 Å². The van der Waals surface area contributed by atoms with Gasteiger partial charge < -0.3 is 16.6 Å². The summed E-state index contributed by atoms with van der Waals surface area (Å²) in [6.07, 6.45) is 2.04. The van der Waals surface area contributed by atoms with Crippen molar-refractivity contribution in [3.63, 3.8) is 0 Å². The predicted octanol–water partition coefficient (Wildman–Crippen LogP) is 0.497. The van der Waals surface area contributed by atoms with Gasteiger partial charge in [-0.15, -0.1) is 0 Å². The van der Waals surface area contributed by atoms with Crippen LogP contribution in [0.5, 0.6) is 5.75 Å². The zero-order valence-corrected chi connectivity index (χ0v) is 18.5. The molecule has 0 spiro atoms. The molecule has 1 rings (SSSR count). The molecule has 0 aliphatic rings. The van der Waals surface area contributed by atoms with Gasteiger partial charge in [-0.2, -0.15) is 0 Å². The van der Waals surface area contributed by atoms with E-state index < -0.39 is 23.3 Å². The van der Waals surface area contributed by atoms with Crippen LogP contribution in [0.15, 0.2) is 17.8 Å². The third-order valence-corrected chi connectivity index (χ3v) is 4.12. The van der Waals surface area contributed by atoms with E-state index >= 15 is 0 Å². The maximum absolute atomic E-state index is 11.4. The van der Waals surface area contributed by atoms with Crippen molar-refractivity contribution in [2.75, 3.05) is 13.2 Å². The van der Waals surface area contributed by atoms with Gasteiger partial charge in [-0.3, -0.25) is 19.7 Å². The number of carbonyl (C=O) groups is 2. The minimum absolute atomic E-state index is 0. The average molecular weight is 429 g/mol. The molecular weight excluding hydrogens is 410 g/mol. The van der Waals surface area contributed by atoms with Gasteiger partial charge in [0.1, 0.15) is 17.3 Å². The molecule has 0 unspecified atom stereocenters. The third-order valence-electron chi connectivity index (χ3n) is 3.24. The second-order valence-corrected chi connectivity index (χ2v) is 5.91. The zero-order valence-electron chi connectivity index (χ0n) is 16.0. The fourth-order valence-electron chi connectivity index (χ4n) is 1.91. The molecular formula is C16H19Cl2N2NaO6. The van der Waals surface area contributed by atoms with Crippen LogP contribution in [0, 0.1) is 10.1 Å². The van der Waals surface area contributed by atoms with Crippen LogP contribution in [0.2, 0.25) is 10.0 Å². The van der Waals surface area contributed by atoms with Crippen LogP contribution < -0.4 is 39.6 Å². The van der Waals surface area contributed by atoms with Gasteiger partial charge in [0.15, 0.2) is 0 Å². The molecule has 0 aliphatic heterocycles. The Morgan fingerprint density at radius 1 is 1.37 bits per heavy atom. The first-order valence-electron chi connectivity index (χ1n) is 7.70. The number of amides is 1. The molecule has 0 aliphatic carbocycles. The van der Waals surface area contributed by atoms with E-state index in [0.29, 0.717) is 17.7 Å². The fraction of sp³-hybridized carbons (Fsp3) is 0.375. The summed E-state index contributed by atoms with van der Waals surface area (Å²) in [6, 6.07) is 3.10. The summed E-state index contributed by atoms with van der Waals surface area (Å²) < 4.78 is 5.46. The number of nitro groups is 1. The molecule has 0 atom stereocenters. The van der Waals surface area contributed by atoms with E-state index in [1.165, 1.54) is 12.1 Å². The molecule has 8 nitrogen and oxygen atoms in total. The number of carbonyl (C=O) groups excluding carboxylic acids is 1. The number of carboxylic acids is 1. The first kappa shape index (κ1) is 25.7. The summed E-state index contributed by atoms with van der Waals surface area (Å²) in [5.41, 5.74) is 0.412. The monoisotopic (exact) mass is 428 g/mol. The molecule has 27 heavy (non-hydrogen) atoms. The number of benzene rings is 1. The van der Waals surface area contributed by atoms with Crippen molar-refractivity contribution < 1.29 is 55.3 Å². The minimum Gasteiger partial charge on any atom is -1.00 e. The van der Waals surface area contributed by atoms with Crippen LogP contribution in [0.4, 0.5) is 0 Å². The van der Waals surface area contributed by atoms with Gasteiger partial charge in [-0.1, -0.05) is 30.1 Å². The van der Waals surface area contributed by atoms with E-state index in [0.717, 1.165) is 0 Å². The molecule has 0 saturated carbocycles. The van der Waals surface area contributed by atoms with E-state index in [4.69, 9.17) is 33.0 Å². The van der Waals surface area contributed by atoms with Crippen LogP contribution in [0.3, 0.4) is 0 Å². The molecule has 1 aromatic rings. The molecule has 1 aromatic carbocycles. The molecule has 0 radical (unpaired) electrons.